The zero-order valence-electron chi connectivity index (χ0n) is 18.2. The van der Waals surface area contributed by atoms with Gasteiger partial charge in [0, 0.05) is 13.1 Å². The van der Waals surface area contributed by atoms with Gasteiger partial charge in [-0.2, -0.15) is 13.2 Å². The highest BCUT2D eigenvalue weighted by Gasteiger charge is 2.53. The second-order valence-corrected chi connectivity index (χ2v) is 7.12. The Morgan fingerprint density at radius 3 is 2.03 bits per heavy atom. The van der Waals surface area contributed by atoms with E-state index in [9.17, 15) is 23.1 Å². The highest BCUT2D eigenvalue weighted by Crippen LogP contribution is 2.54. The predicted octanol–water partition coefficient (Wildman–Crippen LogP) is 5.07. The lowest BCUT2D eigenvalue weighted by Gasteiger charge is -2.35. The lowest BCUT2D eigenvalue weighted by atomic mass is 9.93. The standard InChI is InChI=1S/C17H21F3N2O3.2C2H6/c1-15(24,17(18,19)20)12-4-3-11(14(23)25-2)13(21-12)22-9-7-16(5-6-16)8-10-22;2*1-2/h3-4,24H,5-10H2,1-2H3;2*1-2H3. The van der Waals surface area contributed by atoms with Crippen molar-refractivity contribution in [2.75, 3.05) is 25.1 Å². The molecule has 1 aliphatic carbocycles. The van der Waals surface area contributed by atoms with Gasteiger partial charge < -0.3 is 14.7 Å². The number of halogens is 3. The van der Waals surface area contributed by atoms with Crippen LogP contribution in [0.25, 0.3) is 0 Å². The van der Waals surface area contributed by atoms with Crippen molar-refractivity contribution in [1.82, 2.24) is 4.98 Å². The van der Waals surface area contributed by atoms with Gasteiger partial charge in [0.25, 0.3) is 0 Å². The van der Waals surface area contributed by atoms with Crippen molar-refractivity contribution in [2.45, 2.75) is 72.1 Å². The highest BCUT2D eigenvalue weighted by molar-refractivity contribution is 5.94. The predicted molar refractivity (Wildman–Crippen MR) is 107 cm³/mol. The summed E-state index contributed by atoms with van der Waals surface area (Å²) >= 11 is 0. The lowest BCUT2D eigenvalue weighted by molar-refractivity contribution is -0.260. The first kappa shape index (κ1) is 25.2. The second kappa shape index (κ2) is 9.78. The van der Waals surface area contributed by atoms with Crippen LogP contribution in [-0.2, 0) is 10.3 Å². The summed E-state index contributed by atoms with van der Waals surface area (Å²) in [5, 5.41) is 9.90. The number of aromatic nitrogens is 1. The van der Waals surface area contributed by atoms with Crippen LogP contribution >= 0.6 is 0 Å². The minimum atomic E-state index is -4.87. The molecule has 1 atom stereocenters. The van der Waals surface area contributed by atoms with Gasteiger partial charge in [0.05, 0.1) is 12.8 Å². The van der Waals surface area contributed by atoms with E-state index in [1.165, 1.54) is 26.0 Å². The van der Waals surface area contributed by atoms with Crippen molar-refractivity contribution >= 4 is 11.8 Å². The summed E-state index contributed by atoms with van der Waals surface area (Å²) in [6, 6.07) is 2.26. The first-order valence-corrected chi connectivity index (χ1v) is 10.2. The molecule has 0 aromatic carbocycles. The van der Waals surface area contributed by atoms with Crippen LogP contribution in [0.3, 0.4) is 0 Å². The van der Waals surface area contributed by atoms with Crippen LogP contribution in [0.4, 0.5) is 19.0 Å². The van der Waals surface area contributed by atoms with Gasteiger partial charge >= 0.3 is 12.1 Å². The maximum atomic E-state index is 13.1. The molecule has 0 amide bonds. The fourth-order valence-corrected chi connectivity index (χ4v) is 3.24. The molecule has 1 spiro atoms. The molecular weight excluding hydrogens is 385 g/mol. The molecule has 2 heterocycles. The molecular formula is C21H33F3N2O3. The fraction of sp³-hybridized carbons (Fsp3) is 0.714. The van der Waals surface area contributed by atoms with E-state index in [1.807, 2.05) is 32.6 Å². The van der Waals surface area contributed by atoms with Crippen molar-refractivity contribution in [2.24, 2.45) is 5.41 Å². The smallest absolute Gasteiger partial charge is 0.422 e. The van der Waals surface area contributed by atoms with Crippen molar-refractivity contribution in [3.05, 3.63) is 23.4 Å². The number of hydrogen-bond donors (Lipinski definition) is 1. The Balaban J connectivity index is 0.000000989. The minimum absolute atomic E-state index is 0.107. The third-order valence-electron chi connectivity index (χ3n) is 5.41. The zero-order valence-corrected chi connectivity index (χ0v) is 18.2. The topological polar surface area (TPSA) is 62.7 Å². The average Bonchev–Trinajstić information content (AvgIpc) is 3.48. The number of ether oxygens (including phenoxy) is 1. The molecule has 1 saturated heterocycles. The summed E-state index contributed by atoms with van der Waals surface area (Å²) in [5.41, 5.74) is -3.15. The third-order valence-corrected chi connectivity index (χ3v) is 5.41. The minimum Gasteiger partial charge on any atom is -0.465 e. The van der Waals surface area contributed by atoms with Gasteiger partial charge in [-0.15, -0.1) is 0 Å². The lowest BCUT2D eigenvalue weighted by Crippen LogP contribution is -2.41. The Hall–Kier alpha value is -1.83. The molecule has 1 aromatic heterocycles. The summed E-state index contributed by atoms with van der Waals surface area (Å²) in [4.78, 5) is 17.8. The van der Waals surface area contributed by atoms with Crippen molar-refractivity contribution in [3.63, 3.8) is 0 Å². The first-order chi connectivity index (χ1) is 13.6. The molecule has 1 aliphatic heterocycles. The summed E-state index contributed by atoms with van der Waals surface area (Å²) in [6.45, 7) is 9.90. The molecule has 2 aliphatic rings. The Labute approximate surface area is 171 Å². The molecule has 1 aromatic rings. The van der Waals surface area contributed by atoms with Crippen LogP contribution in [0.15, 0.2) is 12.1 Å². The highest BCUT2D eigenvalue weighted by atomic mass is 19.4. The maximum absolute atomic E-state index is 13.1. The normalized spacial score (nSPS) is 19.2. The largest absolute Gasteiger partial charge is 0.465 e. The third kappa shape index (κ3) is 5.41. The maximum Gasteiger partial charge on any atom is 0.422 e. The number of carbonyl (C=O) groups is 1. The molecule has 1 saturated carbocycles. The molecule has 0 radical (unpaired) electrons. The Morgan fingerprint density at radius 2 is 1.62 bits per heavy atom. The number of piperidine rings is 1. The van der Waals surface area contributed by atoms with Gasteiger partial charge in [0.2, 0.25) is 0 Å². The van der Waals surface area contributed by atoms with E-state index in [-0.39, 0.29) is 11.4 Å². The molecule has 5 nitrogen and oxygen atoms in total. The number of aliphatic hydroxyl groups is 1. The van der Waals surface area contributed by atoms with E-state index in [0.29, 0.717) is 25.4 Å². The van der Waals surface area contributed by atoms with Gasteiger partial charge in [-0.3, -0.25) is 0 Å². The van der Waals surface area contributed by atoms with Crippen molar-refractivity contribution < 1.29 is 27.8 Å². The van der Waals surface area contributed by atoms with E-state index < -0.39 is 23.4 Å². The number of anilines is 1. The van der Waals surface area contributed by atoms with Crippen LogP contribution in [0, 0.1) is 5.41 Å². The summed E-state index contributed by atoms with van der Waals surface area (Å²) in [5.74, 6) is -0.517. The molecule has 0 bridgehead atoms. The van der Waals surface area contributed by atoms with Gasteiger partial charge in [0.1, 0.15) is 11.4 Å². The van der Waals surface area contributed by atoms with E-state index in [1.54, 1.807) is 0 Å². The number of rotatable bonds is 3. The number of carbonyl (C=O) groups excluding carboxylic acids is 1. The van der Waals surface area contributed by atoms with Crippen molar-refractivity contribution in [1.29, 1.82) is 0 Å². The molecule has 3 rings (SSSR count). The van der Waals surface area contributed by atoms with Crippen LogP contribution in [0.1, 0.15) is 76.4 Å². The second-order valence-electron chi connectivity index (χ2n) is 7.12. The van der Waals surface area contributed by atoms with Gasteiger partial charge in [-0.1, -0.05) is 27.7 Å². The number of pyridine rings is 1. The number of hydrogen-bond acceptors (Lipinski definition) is 5. The first-order valence-electron chi connectivity index (χ1n) is 10.2. The Morgan fingerprint density at radius 1 is 1.10 bits per heavy atom. The molecule has 8 heteroatoms. The van der Waals surface area contributed by atoms with Crippen LogP contribution in [-0.4, -0.2) is 42.4 Å². The van der Waals surface area contributed by atoms with E-state index in [0.717, 1.165) is 18.9 Å². The summed E-state index contributed by atoms with van der Waals surface area (Å²) in [7, 11) is 1.21. The number of methoxy groups -OCH3 is 1. The van der Waals surface area contributed by atoms with Gasteiger partial charge in [-0.05, 0) is 50.2 Å². The summed E-state index contributed by atoms with van der Waals surface area (Å²) in [6.07, 6.45) is -0.656. The van der Waals surface area contributed by atoms with E-state index in [4.69, 9.17) is 4.74 Å². The van der Waals surface area contributed by atoms with Crippen LogP contribution in [0.2, 0.25) is 0 Å². The number of esters is 1. The molecule has 166 valence electrons. The van der Waals surface area contributed by atoms with Crippen molar-refractivity contribution in [3.8, 4) is 0 Å². The average molecular weight is 419 g/mol. The molecule has 1 N–H and O–H groups in total. The molecule has 2 fully saturated rings. The number of nitrogens with zero attached hydrogens (tertiary/aromatic N) is 2. The van der Waals surface area contributed by atoms with E-state index in [2.05, 4.69) is 4.98 Å². The monoisotopic (exact) mass is 418 g/mol. The Kier molecular flexibility index (Phi) is 8.50. The Bertz CT molecular complexity index is 676. The fourth-order valence-electron chi connectivity index (χ4n) is 3.24. The summed E-state index contributed by atoms with van der Waals surface area (Å²) < 4.78 is 44.1. The number of alkyl halides is 3. The van der Waals surface area contributed by atoms with Gasteiger partial charge in [-0.25, -0.2) is 9.78 Å². The van der Waals surface area contributed by atoms with Gasteiger partial charge in [0.15, 0.2) is 5.60 Å². The van der Waals surface area contributed by atoms with Crippen LogP contribution < -0.4 is 4.90 Å². The quantitative estimate of drug-likeness (QED) is 0.695. The molecule has 29 heavy (non-hydrogen) atoms. The van der Waals surface area contributed by atoms with Crippen LogP contribution in [0.5, 0.6) is 0 Å². The zero-order chi connectivity index (χ0) is 22.5. The molecule has 1 unspecified atom stereocenters. The SMILES string of the molecule is CC.CC.COC(=O)c1ccc(C(C)(O)C(F)(F)F)nc1N1CCC2(CC1)CC2. The van der Waals surface area contributed by atoms with E-state index >= 15 is 0 Å².